The van der Waals surface area contributed by atoms with E-state index in [1.165, 1.54) is 0 Å². The van der Waals surface area contributed by atoms with Crippen molar-refractivity contribution in [3.05, 3.63) is 0 Å². The molecule has 0 bridgehead atoms. The van der Waals surface area contributed by atoms with E-state index in [9.17, 15) is 9.59 Å². The first-order valence-corrected chi connectivity index (χ1v) is 10.9. The molecule has 0 spiro atoms. The molecule has 0 aliphatic heterocycles. The molecule has 0 saturated carbocycles. The van der Waals surface area contributed by atoms with E-state index in [1.54, 1.807) is 0 Å². The van der Waals surface area contributed by atoms with Crippen molar-refractivity contribution >= 4 is 20.5 Å². The van der Waals surface area contributed by atoms with E-state index >= 15 is 0 Å². The minimum atomic E-state index is -2.57. The van der Waals surface area contributed by atoms with Crippen LogP contribution in [0.15, 0.2) is 0 Å². The van der Waals surface area contributed by atoms with E-state index < -0.39 is 8.56 Å². The molecule has 0 aliphatic carbocycles. The van der Waals surface area contributed by atoms with Crippen molar-refractivity contribution in [3.8, 4) is 0 Å². The van der Waals surface area contributed by atoms with Gasteiger partial charge in [0, 0.05) is 0 Å². The Balaban J connectivity index is 4.23. The smallest absolute Gasteiger partial charge is 0.338 e. The topological polar surface area (TPSA) is 71.1 Å². The van der Waals surface area contributed by atoms with Gasteiger partial charge in [-0.25, -0.2) is 9.59 Å². The van der Waals surface area contributed by atoms with E-state index in [4.69, 9.17) is 18.3 Å². The predicted octanol–water partition coefficient (Wildman–Crippen LogP) is 3.19. The van der Waals surface area contributed by atoms with Crippen molar-refractivity contribution in [2.45, 2.75) is 65.5 Å². The Labute approximate surface area is 141 Å². The first-order chi connectivity index (χ1) is 11.0. The Morgan fingerprint density at radius 3 is 1.43 bits per heavy atom. The monoisotopic (exact) mass is 348 g/mol. The van der Waals surface area contributed by atoms with E-state index in [0.717, 1.165) is 25.7 Å². The van der Waals surface area contributed by atoms with Crippen LogP contribution in [0.2, 0.25) is 12.1 Å². The van der Waals surface area contributed by atoms with Crippen molar-refractivity contribution < 1.29 is 27.9 Å². The first-order valence-electron chi connectivity index (χ1n) is 8.62. The number of esters is 2. The third kappa shape index (κ3) is 10.5. The lowest BCUT2D eigenvalue weighted by Crippen LogP contribution is -2.44. The molecule has 0 radical (unpaired) electrons. The minimum Gasteiger partial charge on any atom is -0.464 e. The molecule has 0 aromatic rings. The highest BCUT2D eigenvalue weighted by Gasteiger charge is 2.35. The second-order valence-corrected chi connectivity index (χ2v) is 9.16. The summed E-state index contributed by atoms with van der Waals surface area (Å²) in [5, 5.41) is 0. The van der Waals surface area contributed by atoms with Crippen molar-refractivity contribution in [2.24, 2.45) is 0 Å². The Hall–Kier alpha value is -0.923. The molecule has 0 fully saturated rings. The molecule has 0 amide bonds. The number of rotatable bonds is 14. The summed E-state index contributed by atoms with van der Waals surface area (Å²) < 4.78 is 21.6. The maximum Gasteiger partial charge on any atom is 0.338 e. The predicted molar refractivity (Wildman–Crippen MR) is 90.4 cm³/mol. The summed E-state index contributed by atoms with van der Waals surface area (Å²) in [4.78, 5) is 23.3. The highest BCUT2D eigenvalue weighted by Crippen LogP contribution is 2.18. The third-order valence-corrected chi connectivity index (χ3v) is 7.00. The lowest BCUT2D eigenvalue weighted by Gasteiger charge is -2.27. The summed E-state index contributed by atoms with van der Waals surface area (Å²) in [6, 6.07) is 1.32. The zero-order valence-corrected chi connectivity index (χ0v) is 16.0. The molecule has 0 aliphatic rings. The quantitative estimate of drug-likeness (QED) is 0.273. The van der Waals surface area contributed by atoms with Gasteiger partial charge in [-0.15, -0.1) is 0 Å². The van der Waals surface area contributed by atoms with Crippen molar-refractivity contribution in [3.63, 3.8) is 0 Å². The molecule has 0 atom stereocenters. The fourth-order valence-electron chi connectivity index (χ4n) is 1.82. The van der Waals surface area contributed by atoms with E-state index in [-0.39, 0.29) is 25.2 Å². The molecule has 0 aromatic heterocycles. The number of hydrogen-bond acceptors (Lipinski definition) is 6. The molecule has 0 aromatic carbocycles. The summed E-state index contributed by atoms with van der Waals surface area (Å²) in [7, 11) is -2.57. The van der Waals surface area contributed by atoms with Crippen molar-refractivity contribution in [1.82, 2.24) is 0 Å². The van der Waals surface area contributed by atoms with Crippen molar-refractivity contribution in [2.75, 3.05) is 26.4 Å². The molecule has 0 N–H and O–H groups in total. The molecule has 6 nitrogen and oxygen atoms in total. The van der Waals surface area contributed by atoms with Crippen LogP contribution in [0.4, 0.5) is 0 Å². The Kier molecular flexibility index (Phi) is 13.0. The molecular formula is C16H32O6Si. The number of unbranched alkanes of at least 4 members (excludes halogenated alkanes) is 2. The number of ether oxygens (including phenoxy) is 2. The zero-order chi connectivity index (χ0) is 17.6. The highest BCUT2D eigenvalue weighted by atomic mass is 28.4. The van der Waals surface area contributed by atoms with Gasteiger partial charge in [0.25, 0.3) is 0 Å². The van der Waals surface area contributed by atoms with E-state index in [0.29, 0.717) is 25.3 Å². The van der Waals surface area contributed by atoms with Gasteiger partial charge in [0.1, 0.15) is 13.2 Å². The van der Waals surface area contributed by atoms with Gasteiger partial charge < -0.3 is 18.3 Å². The lowest BCUT2D eigenvalue weighted by molar-refractivity contribution is -0.148. The molecule has 0 heterocycles. The second kappa shape index (κ2) is 13.5. The summed E-state index contributed by atoms with van der Waals surface area (Å²) in [6.45, 7) is 8.53. The first kappa shape index (κ1) is 22.1. The molecule has 0 unspecified atom stereocenters. The molecule has 0 saturated heterocycles. The lowest BCUT2D eigenvalue weighted by atomic mass is 10.4. The van der Waals surface area contributed by atoms with E-state index in [2.05, 4.69) is 0 Å². The van der Waals surface area contributed by atoms with Gasteiger partial charge in [-0.2, -0.15) is 0 Å². The van der Waals surface area contributed by atoms with Crippen LogP contribution in [-0.4, -0.2) is 46.9 Å². The Morgan fingerprint density at radius 1 is 0.739 bits per heavy atom. The van der Waals surface area contributed by atoms with Gasteiger partial charge in [-0.1, -0.05) is 40.5 Å². The fraction of sp³-hybridized carbons (Fsp3) is 0.875. The molecule has 136 valence electrons. The van der Waals surface area contributed by atoms with Crippen LogP contribution < -0.4 is 0 Å². The van der Waals surface area contributed by atoms with Crippen LogP contribution in [-0.2, 0) is 27.9 Å². The molecule has 23 heavy (non-hydrogen) atoms. The summed E-state index contributed by atoms with van der Waals surface area (Å²) in [5.41, 5.74) is 0. The maximum atomic E-state index is 11.6. The Morgan fingerprint density at radius 2 is 1.13 bits per heavy atom. The van der Waals surface area contributed by atoms with Crippen LogP contribution in [0.5, 0.6) is 0 Å². The Bertz CT molecular complexity index is 303. The van der Waals surface area contributed by atoms with Gasteiger partial charge in [0.2, 0.25) is 0 Å². The summed E-state index contributed by atoms with van der Waals surface area (Å²) >= 11 is 0. The van der Waals surface area contributed by atoms with Crippen LogP contribution in [0, 0.1) is 0 Å². The van der Waals surface area contributed by atoms with Crippen LogP contribution in [0.25, 0.3) is 0 Å². The third-order valence-electron chi connectivity index (χ3n) is 3.51. The number of carbonyl (C=O) groups is 2. The van der Waals surface area contributed by atoms with Gasteiger partial charge in [0.05, 0.1) is 13.2 Å². The largest absolute Gasteiger partial charge is 0.464 e. The maximum absolute atomic E-state index is 11.6. The average molecular weight is 349 g/mol. The minimum absolute atomic E-state index is 0.123. The second-order valence-electron chi connectivity index (χ2n) is 5.34. The summed E-state index contributed by atoms with van der Waals surface area (Å²) in [6.07, 6.45) is 3.63. The fourth-order valence-corrected chi connectivity index (χ4v) is 3.99. The molecular weight excluding hydrogens is 316 g/mol. The molecule has 0 rings (SSSR count). The van der Waals surface area contributed by atoms with Gasteiger partial charge >= 0.3 is 20.5 Å². The van der Waals surface area contributed by atoms with Gasteiger partial charge in [0.15, 0.2) is 0 Å². The number of hydrogen-bond donors (Lipinski definition) is 0. The normalized spacial score (nSPS) is 11.3. The SMILES string of the molecule is CCCCOC(=O)CO[Si](CC)(CC)OCC(=O)OCCCC. The van der Waals surface area contributed by atoms with Crippen LogP contribution in [0.3, 0.4) is 0 Å². The average Bonchev–Trinajstić information content (AvgIpc) is 2.56. The molecule has 7 heteroatoms. The van der Waals surface area contributed by atoms with Gasteiger partial charge in [-0.05, 0) is 24.9 Å². The van der Waals surface area contributed by atoms with Crippen molar-refractivity contribution in [1.29, 1.82) is 0 Å². The number of carbonyl (C=O) groups excluding carboxylic acids is 2. The van der Waals surface area contributed by atoms with Crippen LogP contribution >= 0.6 is 0 Å². The highest BCUT2D eigenvalue weighted by molar-refractivity contribution is 6.67. The summed E-state index contributed by atoms with van der Waals surface area (Å²) in [5.74, 6) is -0.766. The standard InChI is InChI=1S/C16H32O6Si/c1-5-9-11-19-15(17)13-21-23(7-3,8-4)22-14-16(18)20-12-10-6-2/h5-14H2,1-4H3. The zero-order valence-electron chi connectivity index (χ0n) is 15.0. The van der Waals surface area contributed by atoms with Gasteiger partial charge in [-0.3, -0.25) is 0 Å². The van der Waals surface area contributed by atoms with E-state index in [1.807, 2.05) is 27.7 Å². The van der Waals surface area contributed by atoms with Crippen LogP contribution in [0.1, 0.15) is 53.4 Å².